The quantitative estimate of drug-likeness (QED) is 0.680. The van der Waals surface area contributed by atoms with Crippen LogP contribution in [0.4, 0.5) is 4.79 Å². The summed E-state index contributed by atoms with van der Waals surface area (Å²) in [6.45, 7) is 6.96. The molecule has 0 aliphatic carbocycles. The normalized spacial score (nSPS) is 25.3. The van der Waals surface area contributed by atoms with E-state index in [9.17, 15) is 9.59 Å². The first-order valence-corrected chi connectivity index (χ1v) is 6.52. The van der Waals surface area contributed by atoms with Crippen molar-refractivity contribution < 1.29 is 14.3 Å². The maximum atomic E-state index is 11.7. The minimum Gasteiger partial charge on any atom is -0.364 e. The third-order valence-corrected chi connectivity index (χ3v) is 3.01. The van der Waals surface area contributed by atoms with E-state index in [1.807, 2.05) is 6.92 Å². The number of hydrogen-bond acceptors (Lipinski definition) is 4. The second kappa shape index (κ2) is 7.33. The molecule has 0 radical (unpaired) electrons. The highest BCUT2D eigenvalue weighted by molar-refractivity contribution is 5.96. The second-order valence-corrected chi connectivity index (χ2v) is 4.55. The molecule has 1 aliphatic rings. The fourth-order valence-electron chi connectivity index (χ4n) is 1.94. The van der Waals surface area contributed by atoms with E-state index in [1.54, 1.807) is 13.8 Å². The molecule has 0 aromatic rings. The molecule has 0 spiro atoms. The van der Waals surface area contributed by atoms with Crippen LogP contribution in [-0.4, -0.2) is 43.3 Å². The van der Waals surface area contributed by atoms with Gasteiger partial charge in [-0.3, -0.25) is 10.1 Å². The van der Waals surface area contributed by atoms with Crippen LogP contribution in [-0.2, 0) is 9.53 Å². The maximum absolute atomic E-state index is 11.7. The zero-order chi connectivity index (χ0) is 13.5. The smallest absolute Gasteiger partial charge is 0.321 e. The molecular formula is C12H23N3O3. The molecule has 1 aliphatic heterocycles. The van der Waals surface area contributed by atoms with Crippen LogP contribution in [0.3, 0.4) is 0 Å². The number of nitrogens with one attached hydrogen (secondary N) is 3. The summed E-state index contributed by atoms with van der Waals surface area (Å²) in [6, 6.07) is -0.244. The second-order valence-electron chi connectivity index (χ2n) is 4.55. The van der Waals surface area contributed by atoms with Crippen molar-refractivity contribution in [2.24, 2.45) is 0 Å². The Bertz CT molecular complexity index is 296. The Morgan fingerprint density at radius 3 is 2.83 bits per heavy atom. The van der Waals surface area contributed by atoms with Gasteiger partial charge in [0.15, 0.2) is 0 Å². The third-order valence-electron chi connectivity index (χ3n) is 3.01. The van der Waals surface area contributed by atoms with E-state index in [0.717, 1.165) is 19.4 Å². The topological polar surface area (TPSA) is 79.5 Å². The van der Waals surface area contributed by atoms with Gasteiger partial charge in [0, 0.05) is 12.6 Å². The molecule has 0 aromatic carbocycles. The van der Waals surface area contributed by atoms with Crippen LogP contribution in [0, 0.1) is 0 Å². The van der Waals surface area contributed by atoms with Crippen molar-refractivity contribution in [3.8, 4) is 0 Å². The Kier molecular flexibility index (Phi) is 6.07. The average molecular weight is 257 g/mol. The first kappa shape index (κ1) is 14.9. The van der Waals surface area contributed by atoms with Gasteiger partial charge in [-0.2, -0.15) is 0 Å². The van der Waals surface area contributed by atoms with E-state index in [4.69, 9.17) is 4.74 Å². The summed E-state index contributed by atoms with van der Waals surface area (Å²) >= 11 is 0. The number of carbonyl (C=O) groups is 2. The summed E-state index contributed by atoms with van der Waals surface area (Å²) in [5.74, 6) is -0.404. The van der Waals surface area contributed by atoms with Crippen LogP contribution in [0.1, 0.15) is 33.6 Å². The molecule has 1 fully saturated rings. The van der Waals surface area contributed by atoms with Gasteiger partial charge in [-0.05, 0) is 40.2 Å². The maximum Gasteiger partial charge on any atom is 0.321 e. The Morgan fingerprint density at radius 1 is 1.50 bits per heavy atom. The monoisotopic (exact) mass is 257 g/mol. The molecule has 18 heavy (non-hydrogen) atoms. The predicted molar refractivity (Wildman–Crippen MR) is 68.2 cm³/mol. The van der Waals surface area contributed by atoms with Gasteiger partial charge in [0.2, 0.25) is 0 Å². The fourth-order valence-corrected chi connectivity index (χ4v) is 1.94. The van der Waals surface area contributed by atoms with E-state index in [0.29, 0.717) is 6.54 Å². The van der Waals surface area contributed by atoms with E-state index in [1.165, 1.54) is 0 Å². The van der Waals surface area contributed by atoms with Crippen LogP contribution in [0.15, 0.2) is 0 Å². The summed E-state index contributed by atoms with van der Waals surface area (Å²) < 4.78 is 5.69. The molecule has 0 bridgehead atoms. The van der Waals surface area contributed by atoms with E-state index < -0.39 is 18.0 Å². The van der Waals surface area contributed by atoms with Crippen LogP contribution in [0.25, 0.3) is 0 Å². The molecule has 6 nitrogen and oxygen atoms in total. The van der Waals surface area contributed by atoms with E-state index in [2.05, 4.69) is 16.0 Å². The number of piperidine rings is 1. The van der Waals surface area contributed by atoms with Gasteiger partial charge in [-0.15, -0.1) is 0 Å². The molecule has 0 saturated carbocycles. The van der Waals surface area contributed by atoms with Crippen LogP contribution in [0.2, 0.25) is 0 Å². The molecular weight excluding hydrogens is 234 g/mol. The fraction of sp³-hybridized carbons (Fsp3) is 0.833. The van der Waals surface area contributed by atoms with Gasteiger partial charge in [0.1, 0.15) is 6.10 Å². The highest BCUT2D eigenvalue weighted by Crippen LogP contribution is 2.14. The summed E-state index contributed by atoms with van der Waals surface area (Å²) in [4.78, 5) is 22.9. The van der Waals surface area contributed by atoms with Crippen LogP contribution < -0.4 is 16.0 Å². The number of carbonyl (C=O) groups excluding carboxylic acids is 2. The predicted octanol–water partition coefficient (Wildman–Crippen LogP) is 0.378. The number of rotatable bonds is 4. The number of imide groups is 1. The molecule has 104 valence electrons. The van der Waals surface area contributed by atoms with Gasteiger partial charge in [-0.25, -0.2) is 4.79 Å². The van der Waals surface area contributed by atoms with Gasteiger partial charge in [0.25, 0.3) is 5.91 Å². The third kappa shape index (κ3) is 4.62. The Balaban J connectivity index is 2.36. The van der Waals surface area contributed by atoms with Crippen LogP contribution in [0.5, 0.6) is 0 Å². The molecule has 1 saturated heterocycles. The first-order chi connectivity index (χ1) is 8.54. The van der Waals surface area contributed by atoms with Crippen molar-refractivity contribution in [2.45, 2.75) is 51.9 Å². The lowest BCUT2D eigenvalue weighted by atomic mass is 10.0. The minimum absolute atomic E-state index is 0.0220. The van der Waals surface area contributed by atoms with E-state index >= 15 is 0 Å². The Morgan fingerprint density at radius 2 is 2.22 bits per heavy atom. The summed E-state index contributed by atoms with van der Waals surface area (Å²) in [7, 11) is 0. The highest BCUT2D eigenvalue weighted by Gasteiger charge is 2.26. The number of ether oxygens (including phenoxy) is 1. The Hall–Kier alpha value is -1.14. The molecule has 3 N–H and O–H groups in total. The van der Waals surface area contributed by atoms with Gasteiger partial charge < -0.3 is 15.4 Å². The van der Waals surface area contributed by atoms with Gasteiger partial charge >= 0.3 is 6.03 Å². The molecule has 1 rings (SSSR count). The van der Waals surface area contributed by atoms with Crippen molar-refractivity contribution in [2.75, 3.05) is 13.1 Å². The largest absolute Gasteiger partial charge is 0.364 e. The van der Waals surface area contributed by atoms with Crippen molar-refractivity contribution in [1.29, 1.82) is 0 Å². The molecule has 6 heteroatoms. The molecule has 3 amide bonds. The van der Waals surface area contributed by atoms with E-state index in [-0.39, 0.29) is 12.1 Å². The SMILES string of the molecule is CCNC(=O)NC(=O)C(C)OC1CCCNC1C. The van der Waals surface area contributed by atoms with Crippen molar-refractivity contribution in [3.63, 3.8) is 0 Å². The number of hydrogen-bond donors (Lipinski definition) is 3. The van der Waals surface area contributed by atoms with Crippen molar-refractivity contribution in [3.05, 3.63) is 0 Å². The molecule has 1 heterocycles. The lowest BCUT2D eigenvalue weighted by molar-refractivity contribution is -0.136. The van der Waals surface area contributed by atoms with Gasteiger partial charge in [0.05, 0.1) is 6.10 Å². The van der Waals surface area contributed by atoms with Crippen LogP contribution >= 0.6 is 0 Å². The first-order valence-electron chi connectivity index (χ1n) is 6.52. The van der Waals surface area contributed by atoms with Crippen molar-refractivity contribution >= 4 is 11.9 Å². The summed E-state index contributed by atoms with van der Waals surface area (Å²) in [6.07, 6.45) is 1.38. The van der Waals surface area contributed by atoms with Gasteiger partial charge in [-0.1, -0.05) is 0 Å². The summed E-state index contributed by atoms with van der Waals surface area (Å²) in [5, 5.41) is 8.06. The molecule has 0 aromatic heterocycles. The number of urea groups is 1. The average Bonchev–Trinajstić information content (AvgIpc) is 2.32. The summed E-state index contributed by atoms with van der Waals surface area (Å²) in [5.41, 5.74) is 0. The lowest BCUT2D eigenvalue weighted by Gasteiger charge is -2.31. The van der Waals surface area contributed by atoms with Crippen molar-refractivity contribution in [1.82, 2.24) is 16.0 Å². The molecule has 3 atom stereocenters. The standard InChI is InChI=1S/C12H23N3O3/c1-4-13-12(17)15-11(16)9(3)18-10-6-5-7-14-8(10)2/h8-10,14H,4-7H2,1-3H3,(H2,13,15,16,17). The highest BCUT2D eigenvalue weighted by atomic mass is 16.5. The lowest BCUT2D eigenvalue weighted by Crippen LogP contribution is -2.49. The Labute approximate surface area is 108 Å². The minimum atomic E-state index is -0.625. The molecule has 3 unspecified atom stereocenters. The number of amides is 3. The zero-order valence-electron chi connectivity index (χ0n) is 11.3. The zero-order valence-corrected chi connectivity index (χ0v) is 11.3.